The van der Waals surface area contributed by atoms with Crippen molar-refractivity contribution < 1.29 is 14.8 Å². The molecule has 1 rings (SSSR count). The SMILES string of the molecule is C=CCN(c1cc(C(=O)O)ccc1[N+](=O)[O-])C(C)(C)C. The van der Waals surface area contributed by atoms with Crippen LogP contribution >= 0.6 is 0 Å². The Morgan fingerprint density at radius 1 is 1.50 bits per heavy atom. The summed E-state index contributed by atoms with van der Waals surface area (Å²) < 4.78 is 0. The normalized spacial score (nSPS) is 10.9. The van der Waals surface area contributed by atoms with Crippen LogP contribution in [0.1, 0.15) is 31.1 Å². The van der Waals surface area contributed by atoms with Gasteiger partial charge in [0.05, 0.1) is 10.5 Å². The number of benzene rings is 1. The second-order valence-electron chi connectivity index (χ2n) is 5.34. The number of rotatable bonds is 5. The molecule has 0 aliphatic heterocycles. The van der Waals surface area contributed by atoms with Gasteiger partial charge in [0.15, 0.2) is 0 Å². The molecule has 0 saturated heterocycles. The molecule has 108 valence electrons. The summed E-state index contributed by atoms with van der Waals surface area (Å²) in [5, 5.41) is 20.2. The third-order valence-corrected chi connectivity index (χ3v) is 2.83. The molecule has 1 aromatic carbocycles. The van der Waals surface area contributed by atoms with Gasteiger partial charge in [-0.2, -0.15) is 0 Å². The Bertz CT molecular complexity index is 547. The van der Waals surface area contributed by atoms with Crippen molar-refractivity contribution in [2.45, 2.75) is 26.3 Å². The Labute approximate surface area is 117 Å². The fourth-order valence-corrected chi connectivity index (χ4v) is 1.89. The monoisotopic (exact) mass is 278 g/mol. The standard InChI is InChI=1S/C14H18N2O4/c1-5-8-15(14(2,3)4)12-9-10(13(17)18)6-7-11(12)16(19)20/h5-7,9H,1,8H2,2-4H3,(H,17,18). The van der Waals surface area contributed by atoms with Crippen LogP contribution in [0.4, 0.5) is 11.4 Å². The van der Waals surface area contributed by atoms with E-state index >= 15 is 0 Å². The lowest BCUT2D eigenvalue weighted by Gasteiger charge is -2.36. The van der Waals surface area contributed by atoms with Crippen LogP contribution in [0.25, 0.3) is 0 Å². The minimum atomic E-state index is -1.12. The maximum Gasteiger partial charge on any atom is 0.335 e. The van der Waals surface area contributed by atoms with Gasteiger partial charge in [-0.3, -0.25) is 10.1 Å². The van der Waals surface area contributed by atoms with E-state index in [1.807, 2.05) is 20.8 Å². The zero-order chi connectivity index (χ0) is 15.5. The smallest absolute Gasteiger partial charge is 0.335 e. The largest absolute Gasteiger partial charge is 0.478 e. The average molecular weight is 278 g/mol. The lowest BCUT2D eigenvalue weighted by molar-refractivity contribution is -0.384. The van der Waals surface area contributed by atoms with Crippen molar-refractivity contribution in [3.05, 3.63) is 46.5 Å². The Morgan fingerprint density at radius 3 is 2.50 bits per heavy atom. The number of carbonyl (C=O) groups is 1. The van der Waals surface area contributed by atoms with Gasteiger partial charge in [-0.25, -0.2) is 4.79 Å². The molecule has 0 heterocycles. The molecule has 1 N–H and O–H groups in total. The van der Waals surface area contributed by atoms with Crippen molar-refractivity contribution in [1.29, 1.82) is 0 Å². The zero-order valence-electron chi connectivity index (χ0n) is 11.8. The molecule has 0 aliphatic carbocycles. The van der Waals surface area contributed by atoms with Gasteiger partial charge in [0, 0.05) is 18.2 Å². The van der Waals surface area contributed by atoms with Gasteiger partial charge in [0.1, 0.15) is 5.69 Å². The van der Waals surface area contributed by atoms with E-state index in [1.165, 1.54) is 18.2 Å². The lowest BCUT2D eigenvalue weighted by atomic mass is 10.0. The second kappa shape index (κ2) is 5.73. The Kier molecular flexibility index (Phi) is 4.49. The predicted octanol–water partition coefficient (Wildman–Crippen LogP) is 3.08. The summed E-state index contributed by atoms with van der Waals surface area (Å²) in [6.45, 7) is 9.72. The molecular formula is C14H18N2O4. The molecule has 0 bridgehead atoms. The summed E-state index contributed by atoms with van der Waals surface area (Å²) in [5.41, 5.74) is -0.228. The van der Waals surface area contributed by atoms with E-state index in [-0.39, 0.29) is 16.9 Å². The van der Waals surface area contributed by atoms with Crippen LogP contribution in [0.5, 0.6) is 0 Å². The number of aromatic carboxylic acids is 1. The molecule has 0 aromatic heterocycles. The van der Waals surface area contributed by atoms with Gasteiger partial charge in [-0.05, 0) is 32.9 Å². The number of carboxylic acids is 1. The summed E-state index contributed by atoms with van der Waals surface area (Å²) in [6, 6.07) is 3.79. The van der Waals surface area contributed by atoms with Gasteiger partial charge >= 0.3 is 5.97 Å². The van der Waals surface area contributed by atoms with Crippen LogP contribution in [0.2, 0.25) is 0 Å². The molecule has 0 atom stereocenters. The lowest BCUT2D eigenvalue weighted by Crippen LogP contribution is -2.42. The molecule has 0 radical (unpaired) electrons. The highest BCUT2D eigenvalue weighted by atomic mass is 16.6. The first-order valence-electron chi connectivity index (χ1n) is 6.08. The number of nitro benzene ring substituents is 1. The fourth-order valence-electron chi connectivity index (χ4n) is 1.89. The van der Waals surface area contributed by atoms with Crippen LogP contribution in [-0.4, -0.2) is 28.1 Å². The van der Waals surface area contributed by atoms with E-state index in [9.17, 15) is 14.9 Å². The highest BCUT2D eigenvalue weighted by Gasteiger charge is 2.28. The first-order valence-corrected chi connectivity index (χ1v) is 6.08. The van der Waals surface area contributed by atoms with Crippen LogP contribution < -0.4 is 4.90 Å². The number of anilines is 1. The molecule has 0 spiro atoms. The quantitative estimate of drug-likeness (QED) is 0.508. The maximum atomic E-state index is 11.1. The van der Waals surface area contributed by atoms with Crippen molar-refractivity contribution in [3.8, 4) is 0 Å². The van der Waals surface area contributed by atoms with E-state index in [1.54, 1.807) is 11.0 Å². The molecule has 20 heavy (non-hydrogen) atoms. The summed E-state index contributed by atoms with van der Waals surface area (Å²) in [7, 11) is 0. The summed E-state index contributed by atoms with van der Waals surface area (Å²) >= 11 is 0. The number of hydrogen-bond donors (Lipinski definition) is 1. The minimum absolute atomic E-state index is 0.0175. The van der Waals surface area contributed by atoms with Gasteiger partial charge in [-0.15, -0.1) is 6.58 Å². The maximum absolute atomic E-state index is 11.1. The number of nitrogens with zero attached hydrogens (tertiary/aromatic N) is 2. The number of hydrogen-bond acceptors (Lipinski definition) is 4. The minimum Gasteiger partial charge on any atom is -0.478 e. The molecule has 0 aliphatic rings. The second-order valence-corrected chi connectivity index (χ2v) is 5.34. The molecule has 0 fully saturated rings. The molecule has 0 saturated carbocycles. The molecule has 1 aromatic rings. The fraction of sp³-hybridized carbons (Fsp3) is 0.357. The van der Waals surface area contributed by atoms with E-state index in [4.69, 9.17) is 5.11 Å². The molecular weight excluding hydrogens is 260 g/mol. The van der Waals surface area contributed by atoms with Gasteiger partial charge < -0.3 is 10.0 Å². The zero-order valence-corrected chi connectivity index (χ0v) is 11.8. The third-order valence-electron chi connectivity index (χ3n) is 2.83. The first-order chi connectivity index (χ1) is 9.18. The highest BCUT2D eigenvalue weighted by molar-refractivity contribution is 5.90. The topological polar surface area (TPSA) is 83.7 Å². The summed E-state index contributed by atoms with van der Waals surface area (Å²) in [5.74, 6) is -1.12. The van der Waals surface area contributed by atoms with Crippen LogP contribution in [-0.2, 0) is 0 Å². The van der Waals surface area contributed by atoms with E-state index in [0.717, 1.165) is 0 Å². The van der Waals surface area contributed by atoms with E-state index in [0.29, 0.717) is 6.54 Å². The summed E-state index contributed by atoms with van der Waals surface area (Å²) in [6.07, 6.45) is 1.63. The molecule has 0 amide bonds. The van der Waals surface area contributed by atoms with Crippen molar-refractivity contribution in [1.82, 2.24) is 0 Å². The van der Waals surface area contributed by atoms with Crippen LogP contribution in [0, 0.1) is 10.1 Å². The Balaban J connectivity index is 3.50. The molecule has 0 unspecified atom stereocenters. The van der Waals surface area contributed by atoms with Crippen LogP contribution in [0.15, 0.2) is 30.9 Å². The van der Waals surface area contributed by atoms with Crippen LogP contribution in [0.3, 0.4) is 0 Å². The van der Waals surface area contributed by atoms with Crippen molar-refractivity contribution in [2.24, 2.45) is 0 Å². The third kappa shape index (κ3) is 3.34. The summed E-state index contributed by atoms with van der Waals surface area (Å²) in [4.78, 5) is 23.4. The van der Waals surface area contributed by atoms with Gasteiger partial charge in [0.2, 0.25) is 0 Å². The predicted molar refractivity (Wildman–Crippen MR) is 77.4 cm³/mol. The van der Waals surface area contributed by atoms with Gasteiger partial charge in [0.25, 0.3) is 5.69 Å². The molecule has 6 nitrogen and oxygen atoms in total. The highest BCUT2D eigenvalue weighted by Crippen LogP contribution is 2.33. The van der Waals surface area contributed by atoms with Gasteiger partial charge in [-0.1, -0.05) is 6.08 Å². The van der Waals surface area contributed by atoms with Crippen molar-refractivity contribution in [2.75, 3.05) is 11.4 Å². The van der Waals surface area contributed by atoms with E-state index in [2.05, 4.69) is 6.58 Å². The number of carboxylic acid groups (broad SMARTS) is 1. The average Bonchev–Trinajstić information content (AvgIpc) is 2.33. The number of nitro groups is 1. The van der Waals surface area contributed by atoms with Crippen molar-refractivity contribution >= 4 is 17.3 Å². The Morgan fingerprint density at radius 2 is 2.10 bits per heavy atom. The van der Waals surface area contributed by atoms with Crippen molar-refractivity contribution in [3.63, 3.8) is 0 Å². The first kappa shape index (κ1) is 15.7. The molecule has 6 heteroatoms. The van der Waals surface area contributed by atoms with E-state index < -0.39 is 16.4 Å². The Hall–Kier alpha value is -2.37.